The number of para-hydroxylation sites is 1. The van der Waals surface area contributed by atoms with Crippen LogP contribution in [0.3, 0.4) is 0 Å². The third kappa shape index (κ3) is 4.06. The van der Waals surface area contributed by atoms with E-state index < -0.39 is 16.3 Å². The van der Waals surface area contributed by atoms with Gasteiger partial charge in [-0.2, -0.15) is 5.10 Å². The van der Waals surface area contributed by atoms with Crippen molar-refractivity contribution in [2.24, 2.45) is 0 Å². The van der Waals surface area contributed by atoms with Gasteiger partial charge >= 0.3 is 0 Å². The van der Waals surface area contributed by atoms with Crippen molar-refractivity contribution in [2.45, 2.75) is 11.3 Å². The highest BCUT2D eigenvalue weighted by Crippen LogP contribution is 2.40. The van der Waals surface area contributed by atoms with Gasteiger partial charge in [0.25, 0.3) is 6.43 Å². The summed E-state index contributed by atoms with van der Waals surface area (Å²) in [6.07, 6.45) is -1.70. The molecule has 0 aliphatic carbocycles. The molecule has 0 radical (unpaired) electrons. The van der Waals surface area contributed by atoms with Crippen LogP contribution in [0.5, 0.6) is 0 Å². The fourth-order valence-electron chi connectivity index (χ4n) is 3.40. The van der Waals surface area contributed by atoms with Gasteiger partial charge in [0.1, 0.15) is 5.69 Å². The van der Waals surface area contributed by atoms with Crippen LogP contribution < -0.4 is 5.73 Å². The first-order valence-electron chi connectivity index (χ1n) is 9.38. The molecule has 0 aliphatic heterocycles. The number of hydrogen-bond acceptors (Lipinski definition) is 4. The Morgan fingerprint density at radius 2 is 1.45 bits per heavy atom. The summed E-state index contributed by atoms with van der Waals surface area (Å²) in [6, 6.07) is 21.7. The summed E-state index contributed by atoms with van der Waals surface area (Å²) in [6.45, 7) is 0. The predicted molar refractivity (Wildman–Crippen MR) is 117 cm³/mol. The van der Waals surface area contributed by atoms with Crippen LogP contribution in [-0.4, -0.2) is 24.5 Å². The van der Waals surface area contributed by atoms with Gasteiger partial charge in [-0.05, 0) is 42.0 Å². The SMILES string of the molecule is CS(=O)(=O)c1ccc(-c2c(-c3ccc(N)cc3)c(C(F)F)nn2-c2ccccc2)cc1. The molecule has 0 saturated carbocycles. The highest BCUT2D eigenvalue weighted by atomic mass is 32.2. The zero-order chi connectivity index (χ0) is 22.2. The van der Waals surface area contributed by atoms with Crippen LogP contribution in [-0.2, 0) is 9.84 Å². The van der Waals surface area contributed by atoms with Gasteiger partial charge in [0, 0.05) is 23.1 Å². The van der Waals surface area contributed by atoms with Gasteiger partial charge < -0.3 is 5.73 Å². The Morgan fingerprint density at radius 3 is 2.00 bits per heavy atom. The van der Waals surface area contributed by atoms with E-state index in [1.807, 2.05) is 6.07 Å². The van der Waals surface area contributed by atoms with Gasteiger partial charge in [0.2, 0.25) is 0 Å². The molecule has 0 unspecified atom stereocenters. The van der Waals surface area contributed by atoms with Crippen molar-refractivity contribution < 1.29 is 17.2 Å². The fraction of sp³-hybridized carbons (Fsp3) is 0.0870. The summed E-state index contributed by atoms with van der Waals surface area (Å²) < 4.78 is 53.3. The third-order valence-corrected chi connectivity index (χ3v) is 6.00. The molecule has 5 nitrogen and oxygen atoms in total. The number of benzene rings is 3. The molecule has 1 aromatic heterocycles. The van der Waals surface area contributed by atoms with E-state index in [9.17, 15) is 17.2 Å². The van der Waals surface area contributed by atoms with E-state index >= 15 is 0 Å². The Balaban J connectivity index is 2.04. The van der Waals surface area contributed by atoms with Crippen molar-refractivity contribution in [3.63, 3.8) is 0 Å². The fourth-order valence-corrected chi connectivity index (χ4v) is 4.04. The first-order chi connectivity index (χ1) is 14.8. The number of alkyl halides is 2. The van der Waals surface area contributed by atoms with Crippen molar-refractivity contribution in [3.8, 4) is 28.1 Å². The molecule has 0 bridgehead atoms. The second-order valence-corrected chi connectivity index (χ2v) is 9.09. The molecule has 4 aromatic rings. The van der Waals surface area contributed by atoms with Gasteiger partial charge in [-0.15, -0.1) is 0 Å². The molecule has 8 heteroatoms. The average Bonchev–Trinajstić information content (AvgIpc) is 3.15. The second-order valence-electron chi connectivity index (χ2n) is 7.08. The van der Waals surface area contributed by atoms with E-state index in [0.717, 1.165) is 6.26 Å². The Kier molecular flexibility index (Phi) is 5.32. The topological polar surface area (TPSA) is 78.0 Å². The van der Waals surface area contributed by atoms with Gasteiger partial charge in [-0.3, -0.25) is 0 Å². The number of halogens is 2. The van der Waals surface area contributed by atoms with Crippen LogP contribution in [0, 0.1) is 0 Å². The molecule has 0 amide bonds. The van der Waals surface area contributed by atoms with Gasteiger partial charge in [0.15, 0.2) is 9.84 Å². The molecule has 4 rings (SSSR count). The Labute approximate surface area is 178 Å². The number of nitrogens with zero attached hydrogens (tertiary/aromatic N) is 2. The number of rotatable bonds is 5. The van der Waals surface area contributed by atoms with Crippen LogP contribution in [0.1, 0.15) is 12.1 Å². The summed E-state index contributed by atoms with van der Waals surface area (Å²) >= 11 is 0. The standard InChI is InChI=1S/C23H19F2N3O2S/c1-31(29,30)19-13-9-16(10-14-19)22-20(15-7-11-17(26)12-8-15)21(23(24)25)27-28(22)18-5-3-2-4-6-18/h2-14,23H,26H2,1H3. The summed E-state index contributed by atoms with van der Waals surface area (Å²) in [5.74, 6) is 0. The Bertz CT molecular complexity index is 1320. The molecular formula is C23H19F2N3O2S. The molecule has 2 N–H and O–H groups in total. The van der Waals surface area contributed by atoms with Crippen LogP contribution in [0.15, 0.2) is 83.8 Å². The predicted octanol–water partition coefficient (Wildman–Crippen LogP) is 5.13. The molecule has 31 heavy (non-hydrogen) atoms. The van der Waals surface area contributed by atoms with Gasteiger partial charge in [-0.25, -0.2) is 21.9 Å². The van der Waals surface area contributed by atoms with Gasteiger partial charge in [-0.1, -0.05) is 42.5 Å². The minimum atomic E-state index is -3.40. The maximum absolute atomic E-state index is 14.1. The molecule has 158 valence electrons. The molecule has 0 atom stereocenters. The van der Waals surface area contributed by atoms with E-state index in [2.05, 4.69) is 5.10 Å². The summed E-state index contributed by atoms with van der Waals surface area (Å²) in [7, 11) is -3.40. The zero-order valence-corrected chi connectivity index (χ0v) is 17.4. The number of anilines is 1. The minimum absolute atomic E-state index is 0.144. The van der Waals surface area contributed by atoms with Crippen molar-refractivity contribution >= 4 is 15.5 Å². The quantitative estimate of drug-likeness (QED) is 0.437. The monoisotopic (exact) mass is 439 g/mol. The molecular weight excluding hydrogens is 420 g/mol. The summed E-state index contributed by atoms with van der Waals surface area (Å²) in [5, 5.41) is 4.24. The Hall–Kier alpha value is -3.52. The van der Waals surface area contributed by atoms with Crippen LogP contribution in [0.2, 0.25) is 0 Å². The lowest BCUT2D eigenvalue weighted by molar-refractivity contribution is 0.146. The van der Waals surface area contributed by atoms with E-state index in [1.54, 1.807) is 60.7 Å². The lowest BCUT2D eigenvalue weighted by Crippen LogP contribution is -2.01. The zero-order valence-electron chi connectivity index (χ0n) is 16.5. The molecule has 0 saturated heterocycles. The van der Waals surface area contributed by atoms with Crippen molar-refractivity contribution in [1.29, 1.82) is 0 Å². The van der Waals surface area contributed by atoms with E-state index in [-0.39, 0.29) is 16.2 Å². The molecule has 0 spiro atoms. The first kappa shape index (κ1) is 20.7. The maximum atomic E-state index is 14.1. The normalized spacial score (nSPS) is 11.7. The van der Waals surface area contributed by atoms with E-state index in [1.165, 1.54) is 16.8 Å². The lowest BCUT2D eigenvalue weighted by Gasteiger charge is -2.11. The highest BCUT2D eigenvalue weighted by Gasteiger charge is 2.27. The minimum Gasteiger partial charge on any atom is -0.399 e. The second kappa shape index (κ2) is 7.96. The molecule has 1 heterocycles. The molecule has 0 aliphatic rings. The number of sulfone groups is 1. The van der Waals surface area contributed by atoms with Crippen LogP contribution in [0.4, 0.5) is 14.5 Å². The third-order valence-electron chi connectivity index (χ3n) is 4.88. The van der Waals surface area contributed by atoms with Crippen molar-refractivity contribution in [2.75, 3.05) is 12.0 Å². The average molecular weight is 439 g/mol. The molecule has 3 aromatic carbocycles. The Morgan fingerprint density at radius 1 is 0.871 bits per heavy atom. The van der Waals surface area contributed by atoms with Crippen LogP contribution in [0.25, 0.3) is 28.1 Å². The smallest absolute Gasteiger partial charge is 0.282 e. The highest BCUT2D eigenvalue weighted by molar-refractivity contribution is 7.90. The molecule has 0 fully saturated rings. The first-order valence-corrected chi connectivity index (χ1v) is 11.3. The summed E-state index contributed by atoms with van der Waals surface area (Å²) in [4.78, 5) is 0.144. The number of nitrogen functional groups attached to an aromatic ring is 1. The van der Waals surface area contributed by atoms with E-state index in [0.29, 0.717) is 28.2 Å². The largest absolute Gasteiger partial charge is 0.399 e. The maximum Gasteiger partial charge on any atom is 0.282 e. The van der Waals surface area contributed by atoms with Gasteiger partial charge in [0.05, 0.1) is 16.3 Å². The van der Waals surface area contributed by atoms with Crippen LogP contribution >= 0.6 is 0 Å². The number of hydrogen-bond donors (Lipinski definition) is 1. The number of aromatic nitrogens is 2. The summed E-state index contributed by atoms with van der Waals surface area (Å²) in [5.41, 5.74) is 8.33. The van der Waals surface area contributed by atoms with Crippen molar-refractivity contribution in [1.82, 2.24) is 9.78 Å². The van der Waals surface area contributed by atoms with E-state index in [4.69, 9.17) is 5.73 Å². The van der Waals surface area contributed by atoms with Crippen molar-refractivity contribution in [3.05, 3.63) is 84.6 Å². The number of nitrogens with two attached hydrogens (primary N) is 1. The lowest BCUT2D eigenvalue weighted by atomic mass is 9.98.